The van der Waals surface area contributed by atoms with Crippen LogP contribution < -0.4 is 20.3 Å². The lowest BCUT2D eigenvalue weighted by molar-refractivity contribution is -0.122. The number of likely N-dealkylation sites (N-methyl/N-ethyl adjacent to an activating group) is 1. The molecule has 0 aromatic heterocycles. The van der Waals surface area contributed by atoms with Crippen LogP contribution in [-0.2, 0) is 14.4 Å². The number of nitrogens with one attached hydrogen (secondary N) is 2. The van der Waals surface area contributed by atoms with Crippen molar-refractivity contribution in [2.75, 3.05) is 30.4 Å². The SMILES string of the molecule is CNC(=O)COc1cccc(NC(=O)C2CC(=O)N(c3ccc(C)cc3F)C2)c1. The molecule has 1 saturated heterocycles. The third-order valence-corrected chi connectivity index (χ3v) is 4.64. The quantitative estimate of drug-likeness (QED) is 0.780. The van der Waals surface area contributed by atoms with Gasteiger partial charge in [-0.25, -0.2) is 4.39 Å². The summed E-state index contributed by atoms with van der Waals surface area (Å²) in [6, 6.07) is 11.3. The molecule has 1 aliphatic rings. The van der Waals surface area contributed by atoms with Crippen molar-refractivity contribution in [1.82, 2.24) is 5.32 Å². The molecule has 2 N–H and O–H groups in total. The van der Waals surface area contributed by atoms with Crippen molar-refractivity contribution in [3.8, 4) is 5.75 Å². The van der Waals surface area contributed by atoms with Gasteiger partial charge in [-0.05, 0) is 36.8 Å². The van der Waals surface area contributed by atoms with Crippen LogP contribution in [0.3, 0.4) is 0 Å². The highest BCUT2D eigenvalue weighted by Crippen LogP contribution is 2.29. The van der Waals surface area contributed by atoms with Crippen molar-refractivity contribution in [3.05, 3.63) is 53.8 Å². The molecule has 1 fully saturated rings. The Morgan fingerprint density at radius 2 is 2.03 bits per heavy atom. The van der Waals surface area contributed by atoms with E-state index in [0.29, 0.717) is 11.4 Å². The van der Waals surface area contributed by atoms with E-state index in [1.54, 1.807) is 43.3 Å². The number of benzene rings is 2. The molecule has 1 unspecified atom stereocenters. The van der Waals surface area contributed by atoms with Crippen molar-refractivity contribution in [3.63, 3.8) is 0 Å². The van der Waals surface area contributed by atoms with Gasteiger partial charge in [-0.2, -0.15) is 0 Å². The zero-order valence-corrected chi connectivity index (χ0v) is 16.2. The molecular formula is C21H22FN3O4. The molecule has 2 aromatic rings. The number of hydrogen-bond acceptors (Lipinski definition) is 4. The number of rotatable bonds is 6. The minimum Gasteiger partial charge on any atom is -0.484 e. The number of halogens is 1. The summed E-state index contributed by atoms with van der Waals surface area (Å²) in [4.78, 5) is 37.5. The number of carbonyl (C=O) groups excluding carboxylic acids is 3. The molecule has 0 radical (unpaired) electrons. The summed E-state index contributed by atoms with van der Waals surface area (Å²) in [6.45, 7) is 1.74. The molecule has 7 nitrogen and oxygen atoms in total. The van der Waals surface area contributed by atoms with Crippen LogP contribution in [0.2, 0.25) is 0 Å². The van der Waals surface area contributed by atoms with E-state index in [-0.39, 0.29) is 43.0 Å². The lowest BCUT2D eigenvalue weighted by atomic mass is 10.1. The Morgan fingerprint density at radius 3 is 2.76 bits per heavy atom. The van der Waals surface area contributed by atoms with Gasteiger partial charge in [0.1, 0.15) is 11.6 Å². The first-order valence-electron chi connectivity index (χ1n) is 9.18. The van der Waals surface area contributed by atoms with E-state index >= 15 is 0 Å². The number of ether oxygens (including phenoxy) is 1. The minimum atomic E-state index is -0.598. The number of carbonyl (C=O) groups is 3. The molecular weight excluding hydrogens is 377 g/mol. The molecule has 152 valence electrons. The van der Waals surface area contributed by atoms with Crippen LogP contribution in [0.15, 0.2) is 42.5 Å². The second-order valence-electron chi connectivity index (χ2n) is 6.84. The van der Waals surface area contributed by atoms with Crippen LogP contribution in [0, 0.1) is 18.7 Å². The molecule has 1 aliphatic heterocycles. The Kier molecular flexibility index (Phi) is 6.11. The van der Waals surface area contributed by atoms with Crippen molar-refractivity contribution in [2.24, 2.45) is 5.92 Å². The summed E-state index contributed by atoms with van der Waals surface area (Å²) < 4.78 is 19.6. The monoisotopic (exact) mass is 399 g/mol. The van der Waals surface area contributed by atoms with Gasteiger partial charge in [0.2, 0.25) is 11.8 Å². The second-order valence-corrected chi connectivity index (χ2v) is 6.84. The first-order valence-corrected chi connectivity index (χ1v) is 9.18. The molecule has 3 rings (SSSR count). The van der Waals surface area contributed by atoms with Crippen LogP contribution in [0.4, 0.5) is 15.8 Å². The van der Waals surface area contributed by atoms with Gasteiger partial charge in [-0.15, -0.1) is 0 Å². The van der Waals surface area contributed by atoms with Gasteiger partial charge in [0, 0.05) is 31.8 Å². The first kappa shape index (κ1) is 20.3. The number of anilines is 2. The number of amides is 3. The predicted molar refractivity (Wildman–Crippen MR) is 106 cm³/mol. The van der Waals surface area contributed by atoms with Gasteiger partial charge in [-0.1, -0.05) is 12.1 Å². The summed E-state index contributed by atoms with van der Waals surface area (Å²) in [5.41, 5.74) is 1.42. The Hall–Kier alpha value is -3.42. The Bertz CT molecular complexity index is 947. The predicted octanol–water partition coefficient (Wildman–Crippen LogP) is 2.25. The van der Waals surface area contributed by atoms with Gasteiger partial charge in [0.05, 0.1) is 11.6 Å². The molecule has 8 heteroatoms. The van der Waals surface area contributed by atoms with Gasteiger partial charge in [-0.3, -0.25) is 14.4 Å². The maximum Gasteiger partial charge on any atom is 0.257 e. The van der Waals surface area contributed by atoms with Crippen LogP contribution in [0.5, 0.6) is 5.75 Å². The van der Waals surface area contributed by atoms with E-state index in [0.717, 1.165) is 5.56 Å². The molecule has 0 aliphatic carbocycles. The minimum absolute atomic E-state index is 0.00596. The average molecular weight is 399 g/mol. The molecule has 0 spiro atoms. The smallest absolute Gasteiger partial charge is 0.257 e. The molecule has 0 saturated carbocycles. The zero-order valence-electron chi connectivity index (χ0n) is 16.2. The highest BCUT2D eigenvalue weighted by molar-refractivity contribution is 6.03. The molecule has 0 bridgehead atoms. The fraction of sp³-hybridized carbons (Fsp3) is 0.286. The number of aryl methyl sites for hydroxylation is 1. The maximum absolute atomic E-state index is 14.2. The summed E-state index contributed by atoms with van der Waals surface area (Å²) in [5, 5.41) is 5.20. The van der Waals surface area contributed by atoms with Gasteiger partial charge in [0.25, 0.3) is 5.91 Å². The zero-order chi connectivity index (χ0) is 21.0. The van der Waals surface area contributed by atoms with Crippen molar-refractivity contribution < 1.29 is 23.5 Å². The third kappa shape index (κ3) is 4.90. The van der Waals surface area contributed by atoms with Gasteiger partial charge >= 0.3 is 0 Å². The van der Waals surface area contributed by atoms with E-state index in [1.165, 1.54) is 18.0 Å². The molecule has 29 heavy (non-hydrogen) atoms. The maximum atomic E-state index is 14.2. The largest absolute Gasteiger partial charge is 0.484 e. The summed E-state index contributed by atoms with van der Waals surface area (Å²) >= 11 is 0. The molecule has 1 atom stereocenters. The lowest BCUT2D eigenvalue weighted by Crippen LogP contribution is -2.28. The Balaban J connectivity index is 1.64. The molecule has 2 aromatic carbocycles. The number of hydrogen-bond donors (Lipinski definition) is 2. The van der Waals surface area contributed by atoms with Crippen LogP contribution >= 0.6 is 0 Å². The standard InChI is InChI=1S/C21H22FN3O4/c1-13-6-7-18(17(22)8-13)25-11-14(9-20(25)27)21(28)24-15-4-3-5-16(10-15)29-12-19(26)23-2/h3-8,10,14H,9,11-12H2,1-2H3,(H,23,26)(H,24,28). The van der Waals surface area contributed by atoms with Gasteiger partial charge < -0.3 is 20.3 Å². The fourth-order valence-electron chi connectivity index (χ4n) is 3.08. The summed E-state index contributed by atoms with van der Waals surface area (Å²) in [7, 11) is 1.51. The fourth-order valence-corrected chi connectivity index (χ4v) is 3.08. The lowest BCUT2D eigenvalue weighted by Gasteiger charge is -2.18. The molecule has 1 heterocycles. The number of nitrogens with zero attached hydrogens (tertiary/aromatic N) is 1. The topological polar surface area (TPSA) is 87.7 Å². The second kappa shape index (κ2) is 8.72. The Labute approximate surface area is 167 Å². The summed E-state index contributed by atoms with van der Waals surface area (Å²) in [6.07, 6.45) is 0.00596. The van der Waals surface area contributed by atoms with E-state index in [9.17, 15) is 18.8 Å². The van der Waals surface area contributed by atoms with E-state index in [4.69, 9.17) is 4.74 Å². The average Bonchev–Trinajstić information content (AvgIpc) is 3.08. The third-order valence-electron chi connectivity index (χ3n) is 4.64. The van der Waals surface area contributed by atoms with Crippen molar-refractivity contribution in [1.29, 1.82) is 0 Å². The first-order chi connectivity index (χ1) is 13.9. The van der Waals surface area contributed by atoms with Crippen molar-refractivity contribution in [2.45, 2.75) is 13.3 Å². The highest BCUT2D eigenvalue weighted by Gasteiger charge is 2.36. The van der Waals surface area contributed by atoms with Crippen LogP contribution in [0.1, 0.15) is 12.0 Å². The van der Waals surface area contributed by atoms with Crippen LogP contribution in [-0.4, -0.2) is 37.9 Å². The van der Waals surface area contributed by atoms with E-state index in [1.807, 2.05) is 0 Å². The van der Waals surface area contributed by atoms with Crippen molar-refractivity contribution >= 4 is 29.1 Å². The normalized spacial score (nSPS) is 15.9. The van der Waals surface area contributed by atoms with E-state index < -0.39 is 11.7 Å². The van der Waals surface area contributed by atoms with Crippen LogP contribution in [0.25, 0.3) is 0 Å². The molecule has 3 amide bonds. The summed E-state index contributed by atoms with van der Waals surface area (Å²) in [5.74, 6) is -1.56. The Morgan fingerprint density at radius 1 is 1.24 bits per heavy atom. The van der Waals surface area contributed by atoms with E-state index in [2.05, 4.69) is 10.6 Å². The highest BCUT2D eigenvalue weighted by atomic mass is 19.1. The van der Waals surface area contributed by atoms with Gasteiger partial charge in [0.15, 0.2) is 6.61 Å².